The van der Waals surface area contributed by atoms with Crippen LogP contribution in [0.25, 0.3) is 0 Å². The number of ether oxygens (including phenoxy) is 1. The van der Waals surface area contributed by atoms with Gasteiger partial charge in [-0.15, -0.1) is 0 Å². The SMILES string of the molecule is OCC(Cc1ccccc1)NC1CCOC1. The smallest absolute Gasteiger partial charge is 0.0620 e. The number of hydrogen-bond donors (Lipinski definition) is 2. The van der Waals surface area contributed by atoms with E-state index in [1.807, 2.05) is 18.2 Å². The fourth-order valence-electron chi connectivity index (χ4n) is 2.07. The normalized spacial score (nSPS) is 22.2. The number of aliphatic hydroxyl groups excluding tert-OH is 1. The summed E-state index contributed by atoms with van der Waals surface area (Å²) in [5, 5.41) is 12.8. The van der Waals surface area contributed by atoms with Crippen molar-refractivity contribution in [3.05, 3.63) is 35.9 Å². The van der Waals surface area contributed by atoms with Crippen LogP contribution in [-0.2, 0) is 11.2 Å². The first-order valence-electron chi connectivity index (χ1n) is 5.87. The molecule has 2 rings (SSSR count). The summed E-state index contributed by atoms with van der Waals surface area (Å²) in [7, 11) is 0. The van der Waals surface area contributed by atoms with Gasteiger partial charge in [0.1, 0.15) is 0 Å². The Morgan fingerprint density at radius 3 is 2.81 bits per heavy atom. The second kappa shape index (κ2) is 5.99. The van der Waals surface area contributed by atoms with Gasteiger partial charge in [0.05, 0.1) is 13.2 Å². The zero-order valence-corrected chi connectivity index (χ0v) is 9.43. The van der Waals surface area contributed by atoms with Gasteiger partial charge >= 0.3 is 0 Å². The third kappa shape index (κ3) is 3.30. The van der Waals surface area contributed by atoms with Crippen molar-refractivity contribution in [2.24, 2.45) is 0 Å². The van der Waals surface area contributed by atoms with Crippen molar-refractivity contribution in [3.8, 4) is 0 Å². The molecule has 2 N–H and O–H groups in total. The molecule has 16 heavy (non-hydrogen) atoms. The van der Waals surface area contributed by atoms with Gasteiger partial charge in [0.15, 0.2) is 0 Å². The van der Waals surface area contributed by atoms with E-state index in [0.717, 1.165) is 26.1 Å². The first kappa shape index (κ1) is 11.6. The Hall–Kier alpha value is -0.900. The molecule has 2 unspecified atom stereocenters. The molecule has 0 radical (unpaired) electrons. The van der Waals surface area contributed by atoms with Crippen LogP contribution in [-0.4, -0.2) is 37.0 Å². The van der Waals surface area contributed by atoms with Gasteiger partial charge in [-0.2, -0.15) is 0 Å². The average molecular weight is 221 g/mol. The highest BCUT2D eigenvalue weighted by molar-refractivity contribution is 5.16. The fraction of sp³-hybridized carbons (Fsp3) is 0.538. The largest absolute Gasteiger partial charge is 0.395 e. The summed E-state index contributed by atoms with van der Waals surface area (Å²) in [6, 6.07) is 10.8. The number of rotatable bonds is 5. The first-order chi connectivity index (χ1) is 7.88. The van der Waals surface area contributed by atoms with E-state index < -0.39 is 0 Å². The third-order valence-corrected chi connectivity index (χ3v) is 2.95. The van der Waals surface area contributed by atoms with E-state index in [4.69, 9.17) is 4.74 Å². The van der Waals surface area contributed by atoms with E-state index in [9.17, 15) is 5.11 Å². The molecule has 0 spiro atoms. The van der Waals surface area contributed by atoms with Gasteiger partial charge in [-0.05, 0) is 18.4 Å². The first-order valence-corrected chi connectivity index (χ1v) is 5.87. The van der Waals surface area contributed by atoms with Crippen molar-refractivity contribution in [2.75, 3.05) is 19.8 Å². The van der Waals surface area contributed by atoms with Gasteiger partial charge in [0.25, 0.3) is 0 Å². The summed E-state index contributed by atoms with van der Waals surface area (Å²) in [4.78, 5) is 0. The minimum atomic E-state index is 0.133. The second-order valence-electron chi connectivity index (χ2n) is 4.30. The van der Waals surface area contributed by atoms with Crippen molar-refractivity contribution in [2.45, 2.75) is 24.9 Å². The van der Waals surface area contributed by atoms with Crippen LogP contribution in [0.15, 0.2) is 30.3 Å². The Morgan fingerprint density at radius 2 is 2.19 bits per heavy atom. The van der Waals surface area contributed by atoms with Gasteiger partial charge in [-0.25, -0.2) is 0 Å². The van der Waals surface area contributed by atoms with Gasteiger partial charge < -0.3 is 15.2 Å². The number of nitrogens with one attached hydrogen (secondary N) is 1. The van der Waals surface area contributed by atoms with Crippen LogP contribution < -0.4 is 5.32 Å². The van der Waals surface area contributed by atoms with E-state index in [0.29, 0.717) is 6.04 Å². The summed E-state index contributed by atoms with van der Waals surface area (Å²) in [5.74, 6) is 0. The predicted octanol–water partition coefficient (Wildman–Crippen LogP) is 0.968. The van der Waals surface area contributed by atoms with Crippen LogP contribution in [0.1, 0.15) is 12.0 Å². The molecule has 1 heterocycles. The molecule has 0 amide bonds. The highest BCUT2D eigenvalue weighted by Gasteiger charge is 2.19. The van der Waals surface area contributed by atoms with Crippen LogP contribution in [0.2, 0.25) is 0 Å². The van der Waals surface area contributed by atoms with E-state index in [2.05, 4.69) is 17.4 Å². The molecule has 0 saturated carbocycles. The van der Waals surface area contributed by atoms with E-state index in [1.165, 1.54) is 5.56 Å². The summed E-state index contributed by atoms with van der Waals surface area (Å²) in [6.45, 7) is 1.78. The Balaban J connectivity index is 1.85. The lowest BCUT2D eigenvalue weighted by atomic mass is 10.1. The van der Waals surface area contributed by atoms with Crippen molar-refractivity contribution in [1.29, 1.82) is 0 Å². The summed E-state index contributed by atoms with van der Waals surface area (Å²) in [6.07, 6.45) is 1.92. The molecule has 1 aromatic carbocycles. The lowest BCUT2D eigenvalue weighted by Gasteiger charge is -2.20. The Bertz CT molecular complexity index is 296. The standard InChI is InChI=1S/C13H19NO2/c15-9-13(14-12-6-7-16-10-12)8-11-4-2-1-3-5-11/h1-5,12-15H,6-10H2. The maximum absolute atomic E-state index is 9.34. The summed E-state index contributed by atoms with van der Waals surface area (Å²) in [5.41, 5.74) is 1.26. The molecule has 2 atom stereocenters. The highest BCUT2D eigenvalue weighted by Crippen LogP contribution is 2.08. The highest BCUT2D eigenvalue weighted by atomic mass is 16.5. The molecule has 1 fully saturated rings. The third-order valence-electron chi connectivity index (χ3n) is 2.95. The maximum Gasteiger partial charge on any atom is 0.0620 e. The number of aliphatic hydroxyl groups is 1. The maximum atomic E-state index is 9.34. The van der Waals surface area contributed by atoms with E-state index >= 15 is 0 Å². The van der Waals surface area contributed by atoms with Crippen molar-refractivity contribution in [3.63, 3.8) is 0 Å². The van der Waals surface area contributed by atoms with Gasteiger partial charge in [0.2, 0.25) is 0 Å². The van der Waals surface area contributed by atoms with Crippen LogP contribution in [0.5, 0.6) is 0 Å². The molecule has 0 aliphatic carbocycles. The summed E-state index contributed by atoms with van der Waals surface area (Å²) < 4.78 is 5.31. The predicted molar refractivity (Wildman–Crippen MR) is 63.4 cm³/mol. The average Bonchev–Trinajstić information content (AvgIpc) is 2.82. The Morgan fingerprint density at radius 1 is 1.38 bits per heavy atom. The zero-order chi connectivity index (χ0) is 11.2. The lowest BCUT2D eigenvalue weighted by Crippen LogP contribution is -2.42. The Labute approximate surface area is 96.4 Å². The minimum Gasteiger partial charge on any atom is -0.395 e. The van der Waals surface area contributed by atoms with E-state index in [-0.39, 0.29) is 12.6 Å². The van der Waals surface area contributed by atoms with Gasteiger partial charge in [-0.3, -0.25) is 0 Å². The molecule has 0 bridgehead atoms. The summed E-state index contributed by atoms with van der Waals surface area (Å²) >= 11 is 0. The second-order valence-corrected chi connectivity index (χ2v) is 4.30. The number of benzene rings is 1. The monoisotopic (exact) mass is 221 g/mol. The molecule has 1 aromatic rings. The van der Waals surface area contributed by atoms with Crippen LogP contribution >= 0.6 is 0 Å². The van der Waals surface area contributed by atoms with Crippen molar-refractivity contribution >= 4 is 0 Å². The van der Waals surface area contributed by atoms with Gasteiger partial charge in [-0.1, -0.05) is 30.3 Å². The van der Waals surface area contributed by atoms with E-state index in [1.54, 1.807) is 0 Å². The van der Waals surface area contributed by atoms with Gasteiger partial charge in [0, 0.05) is 18.7 Å². The Kier molecular flexibility index (Phi) is 4.34. The molecule has 3 heteroatoms. The fourth-order valence-corrected chi connectivity index (χ4v) is 2.07. The van der Waals surface area contributed by atoms with Crippen LogP contribution in [0, 0.1) is 0 Å². The van der Waals surface area contributed by atoms with Crippen LogP contribution in [0.3, 0.4) is 0 Å². The molecule has 1 aliphatic rings. The molecule has 3 nitrogen and oxygen atoms in total. The van der Waals surface area contributed by atoms with Crippen molar-refractivity contribution in [1.82, 2.24) is 5.32 Å². The topological polar surface area (TPSA) is 41.5 Å². The minimum absolute atomic E-state index is 0.133. The molecule has 0 aromatic heterocycles. The quantitative estimate of drug-likeness (QED) is 0.778. The number of hydrogen-bond acceptors (Lipinski definition) is 3. The molecule has 1 aliphatic heterocycles. The molecular formula is C13H19NO2. The zero-order valence-electron chi connectivity index (χ0n) is 9.43. The molecule has 88 valence electrons. The van der Waals surface area contributed by atoms with Crippen molar-refractivity contribution < 1.29 is 9.84 Å². The molecular weight excluding hydrogens is 202 g/mol. The molecule has 1 saturated heterocycles. The lowest BCUT2D eigenvalue weighted by molar-refractivity contribution is 0.180. The van der Waals surface area contributed by atoms with Crippen LogP contribution in [0.4, 0.5) is 0 Å².